The van der Waals surface area contributed by atoms with E-state index in [0.717, 1.165) is 11.3 Å². The van der Waals surface area contributed by atoms with Crippen LogP contribution in [-0.4, -0.2) is 29.5 Å². The van der Waals surface area contributed by atoms with Crippen molar-refractivity contribution in [2.24, 2.45) is 11.0 Å². The van der Waals surface area contributed by atoms with Gasteiger partial charge in [-0.25, -0.2) is 5.43 Å². The molecule has 8 heteroatoms. The maximum absolute atomic E-state index is 12.3. The molecule has 1 aliphatic rings. The number of hydrogen-bond acceptors (Lipinski definition) is 5. The van der Waals surface area contributed by atoms with Gasteiger partial charge in [-0.2, -0.15) is 5.10 Å². The topological polar surface area (TPSA) is 105 Å². The van der Waals surface area contributed by atoms with Gasteiger partial charge in [-0.05, 0) is 19.1 Å². The fourth-order valence-corrected chi connectivity index (χ4v) is 2.84. The van der Waals surface area contributed by atoms with Gasteiger partial charge in [0.1, 0.15) is 0 Å². The molecule has 1 heterocycles. The molecule has 138 valence electrons. The van der Waals surface area contributed by atoms with Crippen molar-refractivity contribution in [2.75, 3.05) is 11.4 Å². The molecule has 27 heavy (non-hydrogen) atoms. The van der Waals surface area contributed by atoms with Crippen molar-refractivity contribution < 1.29 is 14.5 Å². The number of rotatable bonds is 5. The lowest BCUT2D eigenvalue weighted by molar-refractivity contribution is -0.384. The van der Waals surface area contributed by atoms with E-state index in [1.165, 1.54) is 24.4 Å². The van der Waals surface area contributed by atoms with Gasteiger partial charge in [0, 0.05) is 36.3 Å². The van der Waals surface area contributed by atoms with E-state index in [4.69, 9.17) is 0 Å². The summed E-state index contributed by atoms with van der Waals surface area (Å²) in [6, 6.07) is 13.4. The molecule has 1 aliphatic heterocycles. The van der Waals surface area contributed by atoms with E-state index in [9.17, 15) is 19.7 Å². The van der Waals surface area contributed by atoms with Gasteiger partial charge < -0.3 is 4.90 Å². The number of nitro groups is 1. The van der Waals surface area contributed by atoms with E-state index in [1.807, 2.05) is 31.2 Å². The second kappa shape index (κ2) is 7.77. The Balaban J connectivity index is 1.60. The van der Waals surface area contributed by atoms with Gasteiger partial charge in [0.05, 0.1) is 17.1 Å². The number of carbonyl (C=O) groups is 2. The van der Waals surface area contributed by atoms with Gasteiger partial charge >= 0.3 is 0 Å². The molecule has 1 fully saturated rings. The van der Waals surface area contributed by atoms with E-state index in [-0.39, 0.29) is 23.9 Å². The third-order valence-electron chi connectivity index (χ3n) is 4.31. The summed E-state index contributed by atoms with van der Waals surface area (Å²) < 4.78 is 0. The highest BCUT2D eigenvalue weighted by molar-refractivity contribution is 6.00. The number of nitrogens with one attached hydrogen (secondary N) is 1. The van der Waals surface area contributed by atoms with Gasteiger partial charge in [0.25, 0.3) is 5.69 Å². The van der Waals surface area contributed by atoms with Crippen LogP contribution < -0.4 is 10.3 Å². The zero-order valence-corrected chi connectivity index (χ0v) is 14.7. The minimum atomic E-state index is -0.500. The van der Waals surface area contributed by atoms with Crippen LogP contribution in [0.3, 0.4) is 0 Å². The molecule has 0 aromatic heterocycles. The zero-order chi connectivity index (χ0) is 19.4. The van der Waals surface area contributed by atoms with Gasteiger partial charge in [-0.15, -0.1) is 0 Å². The van der Waals surface area contributed by atoms with Crippen LogP contribution in [0, 0.1) is 23.0 Å². The summed E-state index contributed by atoms with van der Waals surface area (Å²) in [7, 11) is 0. The molecule has 8 nitrogen and oxygen atoms in total. The third kappa shape index (κ3) is 4.35. The predicted octanol–water partition coefficient (Wildman–Crippen LogP) is 2.41. The lowest BCUT2D eigenvalue weighted by Crippen LogP contribution is -2.30. The minimum Gasteiger partial charge on any atom is -0.312 e. The monoisotopic (exact) mass is 366 g/mol. The highest BCUT2D eigenvalue weighted by Crippen LogP contribution is 2.25. The summed E-state index contributed by atoms with van der Waals surface area (Å²) in [5, 5.41) is 14.6. The summed E-state index contributed by atoms with van der Waals surface area (Å²) in [5.74, 6) is -0.970. The Hall–Kier alpha value is -3.55. The molecule has 0 saturated carbocycles. The Morgan fingerprint density at radius 3 is 2.74 bits per heavy atom. The number of non-ortho nitro benzene ring substituents is 1. The van der Waals surface area contributed by atoms with E-state index in [2.05, 4.69) is 10.5 Å². The first kappa shape index (κ1) is 18.2. The second-order valence-corrected chi connectivity index (χ2v) is 6.33. The first-order valence-electron chi connectivity index (χ1n) is 8.38. The van der Waals surface area contributed by atoms with Crippen molar-refractivity contribution in [3.05, 3.63) is 69.8 Å². The quantitative estimate of drug-likeness (QED) is 0.498. The molecular formula is C19H18N4O4. The molecule has 0 aliphatic carbocycles. The zero-order valence-electron chi connectivity index (χ0n) is 14.7. The molecule has 0 spiro atoms. The number of carbonyl (C=O) groups excluding carboxylic acids is 2. The number of hydrogen-bond donors (Lipinski definition) is 1. The first-order chi connectivity index (χ1) is 12.9. The molecule has 0 bridgehead atoms. The Morgan fingerprint density at radius 1 is 1.30 bits per heavy atom. The van der Waals surface area contributed by atoms with Crippen LogP contribution in [0.25, 0.3) is 0 Å². The molecule has 3 rings (SSSR count). The Labute approximate surface area is 155 Å². The van der Waals surface area contributed by atoms with Crippen molar-refractivity contribution >= 4 is 29.4 Å². The van der Waals surface area contributed by atoms with Crippen molar-refractivity contribution in [1.29, 1.82) is 0 Å². The largest absolute Gasteiger partial charge is 0.312 e. The van der Waals surface area contributed by atoms with Gasteiger partial charge in [-0.1, -0.05) is 29.8 Å². The van der Waals surface area contributed by atoms with Gasteiger partial charge in [0.2, 0.25) is 11.8 Å². The normalized spacial score (nSPS) is 16.7. The second-order valence-electron chi connectivity index (χ2n) is 6.33. The number of anilines is 1. The first-order valence-corrected chi connectivity index (χ1v) is 8.38. The number of benzene rings is 2. The summed E-state index contributed by atoms with van der Waals surface area (Å²) in [4.78, 5) is 36.3. The van der Waals surface area contributed by atoms with E-state index < -0.39 is 10.8 Å². The fraction of sp³-hybridized carbons (Fsp3) is 0.211. The van der Waals surface area contributed by atoms with Crippen LogP contribution in [0.2, 0.25) is 0 Å². The van der Waals surface area contributed by atoms with Crippen LogP contribution in [0.4, 0.5) is 11.4 Å². The van der Waals surface area contributed by atoms with Gasteiger partial charge in [0.15, 0.2) is 0 Å². The number of nitro benzene ring substituents is 1. The molecule has 2 aromatic rings. The highest BCUT2D eigenvalue weighted by atomic mass is 16.6. The van der Waals surface area contributed by atoms with Crippen LogP contribution in [0.1, 0.15) is 17.5 Å². The van der Waals surface area contributed by atoms with Gasteiger partial charge in [-0.3, -0.25) is 19.7 Å². The highest BCUT2D eigenvalue weighted by Gasteiger charge is 2.35. The Kier molecular flexibility index (Phi) is 5.25. The molecule has 2 aromatic carbocycles. The van der Waals surface area contributed by atoms with Crippen LogP contribution in [0.5, 0.6) is 0 Å². The SMILES string of the molecule is Cc1ccc(N2CC(C(=O)NN=Cc3cccc([N+](=O)[O-])c3)CC2=O)cc1. The lowest BCUT2D eigenvalue weighted by atomic mass is 10.1. The smallest absolute Gasteiger partial charge is 0.270 e. The summed E-state index contributed by atoms with van der Waals surface area (Å²) in [6.07, 6.45) is 1.45. The summed E-state index contributed by atoms with van der Waals surface area (Å²) in [6.45, 7) is 2.26. The van der Waals surface area contributed by atoms with Crippen molar-refractivity contribution in [1.82, 2.24) is 5.43 Å². The number of hydrazone groups is 1. The maximum Gasteiger partial charge on any atom is 0.270 e. The van der Waals surface area contributed by atoms with E-state index in [0.29, 0.717) is 12.1 Å². The Bertz CT molecular complexity index is 908. The van der Waals surface area contributed by atoms with Crippen molar-refractivity contribution in [3.8, 4) is 0 Å². The molecule has 1 unspecified atom stereocenters. The van der Waals surface area contributed by atoms with Crippen LogP contribution >= 0.6 is 0 Å². The fourth-order valence-electron chi connectivity index (χ4n) is 2.84. The molecule has 2 amide bonds. The lowest BCUT2D eigenvalue weighted by Gasteiger charge is -2.16. The molecule has 1 N–H and O–H groups in total. The molecule has 1 saturated heterocycles. The summed E-state index contributed by atoms with van der Waals surface area (Å²) in [5.41, 5.74) is 4.70. The number of aryl methyl sites for hydroxylation is 1. The van der Waals surface area contributed by atoms with Crippen LogP contribution in [0.15, 0.2) is 53.6 Å². The number of nitrogens with zero attached hydrogens (tertiary/aromatic N) is 3. The summed E-state index contributed by atoms with van der Waals surface area (Å²) >= 11 is 0. The average molecular weight is 366 g/mol. The minimum absolute atomic E-state index is 0.0552. The third-order valence-corrected chi connectivity index (χ3v) is 4.31. The Morgan fingerprint density at radius 2 is 2.04 bits per heavy atom. The average Bonchev–Trinajstić information content (AvgIpc) is 3.04. The molecular weight excluding hydrogens is 348 g/mol. The predicted molar refractivity (Wildman–Crippen MR) is 100 cm³/mol. The standard InChI is InChI=1S/C19H18N4O4/c1-13-5-7-16(8-6-13)22-12-15(10-18(22)24)19(25)21-20-11-14-3-2-4-17(9-14)23(26)27/h2-9,11,15H,10,12H2,1H3,(H,21,25). The number of amides is 2. The molecule has 1 atom stereocenters. The van der Waals surface area contributed by atoms with Crippen molar-refractivity contribution in [3.63, 3.8) is 0 Å². The van der Waals surface area contributed by atoms with Crippen LogP contribution in [-0.2, 0) is 9.59 Å². The van der Waals surface area contributed by atoms with E-state index in [1.54, 1.807) is 11.0 Å². The molecule has 0 radical (unpaired) electrons. The van der Waals surface area contributed by atoms with Crippen molar-refractivity contribution in [2.45, 2.75) is 13.3 Å². The maximum atomic E-state index is 12.3. The van der Waals surface area contributed by atoms with E-state index >= 15 is 0 Å².